The van der Waals surface area contributed by atoms with Crippen molar-refractivity contribution >= 4 is 32.4 Å². The van der Waals surface area contributed by atoms with E-state index in [1.165, 1.54) is 18.2 Å². The van der Waals surface area contributed by atoms with Crippen LogP contribution in [-0.4, -0.2) is 8.42 Å². The Morgan fingerprint density at radius 2 is 1.54 bits per heavy atom. The van der Waals surface area contributed by atoms with Crippen molar-refractivity contribution in [1.29, 1.82) is 0 Å². The largest absolute Gasteiger partial charge is 0.416 e. The van der Waals surface area contributed by atoms with Crippen molar-refractivity contribution in [3.8, 4) is 0 Å². The number of benzene rings is 3. The van der Waals surface area contributed by atoms with Gasteiger partial charge in [-0.15, -0.1) is 0 Å². The Hall–Kier alpha value is -2.09. The average Bonchev–Trinajstić information content (AvgIpc) is 2.59. The maximum Gasteiger partial charge on any atom is 0.416 e. The number of nitrogens with one attached hydrogen (secondary N) is 1. The van der Waals surface area contributed by atoms with Crippen molar-refractivity contribution in [2.24, 2.45) is 0 Å². The lowest BCUT2D eigenvalue weighted by Gasteiger charge is -2.11. The molecule has 0 aliphatic carbocycles. The molecule has 136 valence electrons. The van der Waals surface area contributed by atoms with Crippen LogP contribution in [0.4, 0.5) is 13.2 Å². The number of fused-ring (bicyclic) bond motifs is 1. The second-order valence-corrected chi connectivity index (χ2v) is 7.76. The van der Waals surface area contributed by atoms with E-state index in [1.807, 2.05) is 0 Å². The number of sulfonamides is 1. The fraction of sp³-hybridized carbons (Fsp3) is 0.111. The van der Waals surface area contributed by atoms with Crippen LogP contribution in [0.1, 0.15) is 11.1 Å². The highest BCUT2D eigenvalue weighted by molar-refractivity contribution is 7.89. The van der Waals surface area contributed by atoms with Crippen LogP contribution < -0.4 is 4.72 Å². The molecular formula is C18H13ClF3NO2S. The van der Waals surface area contributed by atoms with Gasteiger partial charge in [0.05, 0.1) is 10.5 Å². The first-order valence-corrected chi connectivity index (χ1v) is 9.38. The van der Waals surface area contributed by atoms with Crippen LogP contribution in [0.2, 0.25) is 5.02 Å². The summed E-state index contributed by atoms with van der Waals surface area (Å²) in [6, 6.07) is 14.1. The van der Waals surface area contributed by atoms with Gasteiger partial charge in [0.2, 0.25) is 10.0 Å². The van der Waals surface area contributed by atoms with E-state index < -0.39 is 21.8 Å². The number of alkyl halides is 3. The molecule has 0 amide bonds. The molecule has 0 bridgehead atoms. The van der Waals surface area contributed by atoms with Crippen LogP contribution >= 0.6 is 11.6 Å². The van der Waals surface area contributed by atoms with Gasteiger partial charge in [-0.3, -0.25) is 0 Å². The summed E-state index contributed by atoms with van der Waals surface area (Å²) in [6.07, 6.45) is -4.43. The van der Waals surface area contributed by atoms with E-state index >= 15 is 0 Å². The molecule has 0 fully saturated rings. The van der Waals surface area contributed by atoms with Crippen LogP contribution in [0.25, 0.3) is 10.8 Å². The Morgan fingerprint density at radius 3 is 2.15 bits per heavy atom. The maximum atomic E-state index is 12.6. The fourth-order valence-corrected chi connectivity index (χ4v) is 4.16. The summed E-state index contributed by atoms with van der Waals surface area (Å²) in [5.41, 5.74) is -0.377. The Morgan fingerprint density at radius 1 is 0.923 bits per heavy atom. The number of halogens is 4. The Labute approximate surface area is 153 Å². The van der Waals surface area contributed by atoms with Crippen LogP contribution in [0.15, 0.2) is 65.6 Å². The molecule has 0 heterocycles. The lowest BCUT2D eigenvalue weighted by atomic mass is 10.1. The molecule has 0 spiro atoms. The topological polar surface area (TPSA) is 46.2 Å². The highest BCUT2D eigenvalue weighted by Gasteiger charge is 2.30. The molecule has 1 N–H and O–H groups in total. The molecule has 0 saturated carbocycles. The molecule has 26 heavy (non-hydrogen) atoms. The molecule has 3 aromatic carbocycles. The van der Waals surface area contributed by atoms with Crippen LogP contribution in [-0.2, 0) is 22.7 Å². The van der Waals surface area contributed by atoms with Gasteiger partial charge in [0, 0.05) is 17.0 Å². The molecule has 3 rings (SSSR count). The van der Waals surface area contributed by atoms with E-state index in [-0.39, 0.29) is 11.4 Å². The summed E-state index contributed by atoms with van der Waals surface area (Å²) >= 11 is 6.15. The molecule has 0 atom stereocenters. The van der Waals surface area contributed by atoms with Gasteiger partial charge in [-0.1, -0.05) is 48.0 Å². The Kier molecular flexibility index (Phi) is 4.96. The minimum Gasteiger partial charge on any atom is -0.207 e. The molecule has 0 aliphatic rings. The zero-order valence-electron chi connectivity index (χ0n) is 13.2. The van der Waals surface area contributed by atoms with Crippen molar-refractivity contribution in [2.75, 3.05) is 0 Å². The van der Waals surface area contributed by atoms with Gasteiger partial charge in [0.25, 0.3) is 0 Å². The van der Waals surface area contributed by atoms with E-state index in [4.69, 9.17) is 11.6 Å². The molecule has 0 aliphatic heterocycles. The SMILES string of the molecule is O=S(=O)(NCc1ccc(C(F)(F)F)cc1)c1cccc2cccc(Cl)c12. The third-order valence-electron chi connectivity index (χ3n) is 3.85. The standard InChI is InChI=1S/C18H13ClF3NO2S/c19-15-5-1-3-13-4-2-6-16(17(13)15)26(24,25)23-11-12-7-9-14(10-8-12)18(20,21)22/h1-10,23H,11H2. The summed E-state index contributed by atoms with van der Waals surface area (Å²) in [5.74, 6) is 0. The highest BCUT2D eigenvalue weighted by Crippen LogP contribution is 2.30. The van der Waals surface area contributed by atoms with E-state index in [0.29, 0.717) is 21.4 Å². The molecule has 0 saturated heterocycles. The van der Waals surface area contributed by atoms with E-state index in [2.05, 4.69) is 4.72 Å². The van der Waals surface area contributed by atoms with Crippen LogP contribution in [0, 0.1) is 0 Å². The van der Waals surface area contributed by atoms with Gasteiger partial charge in [-0.2, -0.15) is 13.2 Å². The molecule has 0 aromatic heterocycles. The van der Waals surface area contributed by atoms with Gasteiger partial charge >= 0.3 is 6.18 Å². The summed E-state index contributed by atoms with van der Waals surface area (Å²) in [6.45, 7) is -0.138. The number of rotatable bonds is 4. The Bertz CT molecular complexity index is 1040. The summed E-state index contributed by atoms with van der Waals surface area (Å²) < 4.78 is 65.4. The molecular weight excluding hydrogens is 387 g/mol. The second-order valence-electron chi connectivity index (χ2n) is 5.61. The predicted molar refractivity (Wildman–Crippen MR) is 94.4 cm³/mol. The van der Waals surface area contributed by atoms with Gasteiger partial charge in [-0.05, 0) is 35.2 Å². The fourth-order valence-electron chi connectivity index (χ4n) is 2.55. The van der Waals surface area contributed by atoms with Crippen LogP contribution in [0.5, 0.6) is 0 Å². The van der Waals surface area contributed by atoms with Crippen molar-refractivity contribution < 1.29 is 21.6 Å². The third kappa shape index (κ3) is 3.85. The quantitative estimate of drug-likeness (QED) is 0.671. The van der Waals surface area contributed by atoms with E-state index in [0.717, 1.165) is 12.1 Å². The predicted octanol–water partition coefficient (Wildman–Crippen LogP) is 4.99. The third-order valence-corrected chi connectivity index (χ3v) is 5.61. The van der Waals surface area contributed by atoms with Crippen molar-refractivity contribution in [3.63, 3.8) is 0 Å². The summed E-state index contributed by atoms with van der Waals surface area (Å²) in [4.78, 5) is 0.0208. The zero-order valence-corrected chi connectivity index (χ0v) is 14.8. The lowest BCUT2D eigenvalue weighted by Crippen LogP contribution is -2.23. The first-order chi connectivity index (χ1) is 12.2. The van der Waals surface area contributed by atoms with Gasteiger partial charge < -0.3 is 0 Å². The van der Waals surface area contributed by atoms with Crippen molar-refractivity contribution in [3.05, 3.63) is 76.8 Å². The van der Waals surface area contributed by atoms with Crippen molar-refractivity contribution in [1.82, 2.24) is 4.72 Å². The monoisotopic (exact) mass is 399 g/mol. The summed E-state index contributed by atoms with van der Waals surface area (Å²) in [5, 5.41) is 1.38. The van der Waals surface area contributed by atoms with E-state index in [1.54, 1.807) is 30.3 Å². The smallest absolute Gasteiger partial charge is 0.207 e. The summed E-state index contributed by atoms with van der Waals surface area (Å²) in [7, 11) is -3.90. The van der Waals surface area contributed by atoms with Gasteiger partial charge in [-0.25, -0.2) is 13.1 Å². The first-order valence-electron chi connectivity index (χ1n) is 7.51. The van der Waals surface area contributed by atoms with Crippen molar-refractivity contribution in [2.45, 2.75) is 17.6 Å². The normalized spacial score (nSPS) is 12.5. The molecule has 8 heteroatoms. The molecule has 0 unspecified atom stereocenters. The molecule has 3 aromatic rings. The number of hydrogen-bond acceptors (Lipinski definition) is 2. The highest BCUT2D eigenvalue weighted by atomic mass is 35.5. The minimum absolute atomic E-state index is 0.0208. The molecule has 0 radical (unpaired) electrons. The van der Waals surface area contributed by atoms with Gasteiger partial charge in [0.15, 0.2) is 0 Å². The zero-order chi connectivity index (χ0) is 18.9. The number of hydrogen-bond donors (Lipinski definition) is 1. The van der Waals surface area contributed by atoms with Gasteiger partial charge in [0.1, 0.15) is 0 Å². The Balaban J connectivity index is 1.87. The van der Waals surface area contributed by atoms with E-state index in [9.17, 15) is 21.6 Å². The minimum atomic E-state index is -4.43. The average molecular weight is 400 g/mol. The second kappa shape index (κ2) is 6.90. The van der Waals surface area contributed by atoms with Crippen LogP contribution in [0.3, 0.4) is 0 Å². The maximum absolute atomic E-state index is 12.6. The lowest BCUT2D eigenvalue weighted by molar-refractivity contribution is -0.137. The molecule has 3 nitrogen and oxygen atoms in total. The first kappa shape index (κ1) is 18.7.